The molecule has 0 saturated carbocycles. The molecule has 42 heavy (non-hydrogen) atoms. The molecule has 3 N–H and O–H groups in total. The molecule has 0 fully saturated rings. The molecule has 0 spiro atoms. The van der Waals surface area contributed by atoms with E-state index in [1.165, 1.54) is 6.20 Å². The van der Waals surface area contributed by atoms with Crippen molar-refractivity contribution < 1.29 is 19.1 Å². The summed E-state index contributed by atoms with van der Waals surface area (Å²) >= 11 is 0. The second-order valence-corrected chi connectivity index (χ2v) is 10.5. The van der Waals surface area contributed by atoms with Gasteiger partial charge < -0.3 is 14.8 Å². The zero-order chi connectivity index (χ0) is 29.7. The third kappa shape index (κ3) is 6.49. The van der Waals surface area contributed by atoms with Crippen molar-refractivity contribution >= 4 is 40.2 Å². The summed E-state index contributed by atoms with van der Waals surface area (Å²) in [5.41, 5.74) is 2.60. The van der Waals surface area contributed by atoms with Gasteiger partial charge in [0.25, 0.3) is 0 Å². The molecular weight excluding hydrogens is 532 g/mol. The molecule has 214 valence electrons. The van der Waals surface area contributed by atoms with Gasteiger partial charge in [0.15, 0.2) is 0 Å². The van der Waals surface area contributed by atoms with Crippen LogP contribution in [0, 0.1) is 0 Å². The van der Waals surface area contributed by atoms with Gasteiger partial charge in [0.05, 0.1) is 24.2 Å². The second-order valence-electron chi connectivity index (χ2n) is 10.5. The molecule has 2 heterocycles. The predicted molar refractivity (Wildman–Crippen MR) is 164 cm³/mol. The maximum Gasteiger partial charge on any atom is 0.412 e. The average Bonchev–Trinajstić information content (AvgIpc) is 3.42. The largest absolute Gasteiger partial charge is 0.457 e. The highest BCUT2D eigenvalue weighted by molar-refractivity contribution is 6.07. The van der Waals surface area contributed by atoms with Crippen molar-refractivity contribution in [3.63, 3.8) is 0 Å². The number of carbonyl (C=O) groups excluding carboxylic acids is 2. The Labute approximate surface area is 243 Å². The Bertz CT molecular complexity index is 1740. The number of benzene rings is 3. The maximum absolute atomic E-state index is 13.1. The van der Waals surface area contributed by atoms with Crippen molar-refractivity contribution in [2.45, 2.75) is 33.1 Å². The highest BCUT2D eigenvalue weighted by Crippen LogP contribution is 2.35. The fourth-order valence-electron chi connectivity index (χ4n) is 4.39. The van der Waals surface area contributed by atoms with Crippen LogP contribution in [0.1, 0.15) is 33.3 Å². The van der Waals surface area contributed by atoms with Gasteiger partial charge >= 0.3 is 12.1 Å². The fourth-order valence-corrected chi connectivity index (χ4v) is 4.39. The number of rotatable bonds is 7. The van der Waals surface area contributed by atoms with Gasteiger partial charge in [-0.3, -0.25) is 10.6 Å². The minimum absolute atomic E-state index is 0.0235. The minimum Gasteiger partial charge on any atom is -0.457 e. The smallest absolute Gasteiger partial charge is 0.412 e. The third-order valence-electron chi connectivity index (χ3n) is 6.44. The molecule has 0 atom stereocenters. The lowest BCUT2D eigenvalue weighted by atomic mass is 9.87. The summed E-state index contributed by atoms with van der Waals surface area (Å²) in [6.07, 6.45) is 2.58. The van der Waals surface area contributed by atoms with Crippen LogP contribution in [0.5, 0.6) is 11.5 Å². The maximum atomic E-state index is 13.1. The van der Waals surface area contributed by atoms with Gasteiger partial charge in [-0.2, -0.15) is 5.10 Å². The number of anilines is 3. The van der Waals surface area contributed by atoms with Crippen LogP contribution in [0.25, 0.3) is 16.5 Å². The Morgan fingerprint density at radius 1 is 0.857 bits per heavy atom. The molecule has 5 aromatic rings. The topological polar surface area (TPSA) is 119 Å². The molecule has 0 aliphatic heterocycles. The Hall–Kier alpha value is -5.38. The standard InChI is InChI=1S/C32H32N6O4/c1-5-41-31(40)36-28-20-23(15-17-33-28)42-27-14-13-26(24-11-6-7-12-25(24)27)35-30(39)37-29-16-18-34-38(29)22-10-8-9-21(19-22)32(2,3)4/h6-20H,5H2,1-4H3,(H,33,36,40)(H2,35,37,39). The van der Waals surface area contributed by atoms with E-state index in [9.17, 15) is 9.59 Å². The molecule has 0 aliphatic rings. The Morgan fingerprint density at radius 2 is 1.67 bits per heavy atom. The highest BCUT2D eigenvalue weighted by Gasteiger charge is 2.17. The summed E-state index contributed by atoms with van der Waals surface area (Å²) in [4.78, 5) is 29.0. The quantitative estimate of drug-likeness (QED) is 0.186. The van der Waals surface area contributed by atoms with E-state index in [0.717, 1.165) is 22.0 Å². The van der Waals surface area contributed by atoms with Crippen molar-refractivity contribution in [1.82, 2.24) is 14.8 Å². The Kier molecular flexibility index (Phi) is 8.05. The van der Waals surface area contributed by atoms with E-state index in [0.29, 0.717) is 28.8 Å². The van der Waals surface area contributed by atoms with Crippen molar-refractivity contribution in [2.24, 2.45) is 0 Å². The van der Waals surface area contributed by atoms with Crippen LogP contribution in [-0.2, 0) is 10.2 Å². The zero-order valence-electron chi connectivity index (χ0n) is 23.8. The fraction of sp³-hybridized carbons (Fsp3) is 0.188. The summed E-state index contributed by atoms with van der Waals surface area (Å²) in [5.74, 6) is 1.88. The number of fused-ring (bicyclic) bond motifs is 1. The van der Waals surface area contributed by atoms with Crippen LogP contribution in [0.4, 0.5) is 26.9 Å². The number of hydrogen-bond donors (Lipinski definition) is 3. The molecule has 2 aromatic heterocycles. The normalized spacial score (nSPS) is 11.1. The van der Waals surface area contributed by atoms with Crippen LogP contribution in [-0.4, -0.2) is 33.5 Å². The Morgan fingerprint density at radius 3 is 2.45 bits per heavy atom. The van der Waals surface area contributed by atoms with E-state index in [1.807, 2.05) is 36.4 Å². The number of pyridine rings is 1. The third-order valence-corrected chi connectivity index (χ3v) is 6.44. The van der Waals surface area contributed by atoms with E-state index in [-0.39, 0.29) is 12.0 Å². The molecule has 10 heteroatoms. The summed E-state index contributed by atoms with van der Waals surface area (Å²) in [5, 5.41) is 14.4. The molecule has 0 bridgehead atoms. The van der Waals surface area contributed by atoms with Crippen molar-refractivity contribution in [3.8, 4) is 17.2 Å². The first kappa shape index (κ1) is 28.2. The average molecular weight is 565 g/mol. The molecule has 5 rings (SSSR count). The first-order valence-electron chi connectivity index (χ1n) is 13.5. The van der Waals surface area contributed by atoms with Crippen molar-refractivity contribution in [2.75, 3.05) is 22.6 Å². The molecule has 0 radical (unpaired) electrons. The summed E-state index contributed by atoms with van der Waals surface area (Å²) in [6, 6.07) is 23.9. The number of hydrogen-bond acceptors (Lipinski definition) is 6. The van der Waals surface area contributed by atoms with Gasteiger partial charge in [0.2, 0.25) is 0 Å². The molecule has 0 unspecified atom stereocenters. The molecule has 3 aromatic carbocycles. The Balaban J connectivity index is 1.34. The number of urea groups is 1. The minimum atomic E-state index is -0.595. The monoisotopic (exact) mass is 564 g/mol. The number of nitrogens with one attached hydrogen (secondary N) is 3. The van der Waals surface area contributed by atoms with Gasteiger partial charge in [0.1, 0.15) is 23.1 Å². The van der Waals surface area contributed by atoms with Crippen molar-refractivity contribution in [1.29, 1.82) is 0 Å². The summed E-state index contributed by atoms with van der Waals surface area (Å²) in [7, 11) is 0. The SMILES string of the molecule is CCOC(=O)Nc1cc(Oc2ccc(NC(=O)Nc3ccnn3-c3cccc(C(C)(C)C)c3)c3ccccc23)ccn1. The molecular formula is C32H32N6O4. The second kappa shape index (κ2) is 12.0. The van der Waals surface area contributed by atoms with Gasteiger partial charge in [-0.05, 0) is 48.2 Å². The lowest BCUT2D eigenvalue weighted by molar-refractivity contribution is 0.168. The predicted octanol–water partition coefficient (Wildman–Crippen LogP) is 7.72. The van der Waals surface area contributed by atoms with Crippen LogP contribution in [0.3, 0.4) is 0 Å². The first-order chi connectivity index (χ1) is 20.2. The number of carbonyl (C=O) groups is 2. The summed E-state index contributed by atoms with van der Waals surface area (Å²) in [6.45, 7) is 8.43. The first-order valence-corrected chi connectivity index (χ1v) is 13.5. The lowest BCUT2D eigenvalue weighted by Gasteiger charge is -2.20. The molecule has 0 saturated heterocycles. The van der Waals surface area contributed by atoms with E-state index in [2.05, 4.69) is 58.9 Å². The van der Waals surface area contributed by atoms with Gasteiger partial charge in [-0.15, -0.1) is 0 Å². The van der Waals surface area contributed by atoms with Gasteiger partial charge in [-0.25, -0.2) is 19.3 Å². The highest BCUT2D eigenvalue weighted by atomic mass is 16.5. The number of nitrogens with zero attached hydrogens (tertiary/aromatic N) is 3. The van der Waals surface area contributed by atoms with Crippen LogP contribution < -0.4 is 20.7 Å². The van der Waals surface area contributed by atoms with E-state index in [4.69, 9.17) is 9.47 Å². The van der Waals surface area contributed by atoms with Gasteiger partial charge in [-0.1, -0.05) is 57.2 Å². The molecule has 3 amide bonds. The number of ether oxygens (including phenoxy) is 2. The number of aromatic nitrogens is 3. The molecule has 0 aliphatic carbocycles. The summed E-state index contributed by atoms with van der Waals surface area (Å²) < 4.78 is 12.8. The van der Waals surface area contributed by atoms with Gasteiger partial charge in [0, 0.05) is 29.1 Å². The lowest BCUT2D eigenvalue weighted by Crippen LogP contribution is -2.21. The van der Waals surface area contributed by atoms with E-state index < -0.39 is 12.1 Å². The number of amides is 3. The van der Waals surface area contributed by atoms with Crippen molar-refractivity contribution in [3.05, 3.63) is 96.8 Å². The molecule has 10 nitrogen and oxygen atoms in total. The van der Waals surface area contributed by atoms with Crippen LogP contribution in [0.2, 0.25) is 0 Å². The van der Waals surface area contributed by atoms with Crippen LogP contribution in [0.15, 0.2) is 91.3 Å². The zero-order valence-corrected chi connectivity index (χ0v) is 23.8. The van der Waals surface area contributed by atoms with E-state index in [1.54, 1.807) is 48.1 Å². The van der Waals surface area contributed by atoms with Crippen LogP contribution >= 0.6 is 0 Å². The van der Waals surface area contributed by atoms with E-state index >= 15 is 0 Å².